The van der Waals surface area contributed by atoms with Gasteiger partial charge < -0.3 is 14.8 Å². The van der Waals surface area contributed by atoms with Gasteiger partial charge in [0.25, 0.3) is 11.1 Å². The highest BCUT2D eigenvalue weighted by Crippen LogP contribution is 1.98. The average molecular weight is 617 g/mol. The van der Waals surface area contributed by atoms with Crippen molar-refractivity contribution in [3.63, 3.8) is 0 Å². The second-order valence-corrected chi connectivity index (χ2v) is 8.24. The summed E-state index contributed by atoms with van der Waals surface area (Å²) >= 11 is 0. The molecule has 3 aromatic heterocycles. The van der Waals surface area contributed by atoms with Crippen molar-refractivity contribution in [2.75, 3.05) is 24.1 Å². The number of carbonyl (C=O) groups excluding carboxylic acids is 4. The molecule has 7 N–H and O–H groups in total. The van der Waals surface area contributed by atoms with Gasteiger partial charge in [0, 0.05) is 47.1 Å². The molecule has 3 aromatic rings. The van der Waals surface area contributed by atoms with Gasteiger partial charge in [-0.15, -0.1) is 0 Å². The van der Waals surface area contributed by atoms with Crippen LogP contribution in [0.2, 0.25) is 0 Å². The van der Waals surface area contributed by atoms with E-state index in [1.54, 1.807) is 20.8 Å². The zero-order chi connectivity index (χ0) is 32.5. The van der Waals surface area contributed by atoms with Crippen molar-refractivity contribution in [2.24, 2.45) is 5.73 Å². The number of H-pyrrole nitrogens is 2. The molecule has 3 amide bonds. The molecular weight excluding hydrogens is 580 g/mol. The lowest BCUT2D eigenvalue weighted by atomic mass is 10.4. The molecule has 0 aromatic carbocycles. The van der Waals surface area contributed by atoms with Gasteiger partial charge in [0.15, 0.2) is 6.73 Å². The zero-order valence-corrected chi connectivity index (χ0v) is 23.8. The van der Waals surface area contributed by atoms with Crippen LogP contribution in [-0.4, -0.2) is 66.9 Å². The van der Waals surface area contributed by atoms with E-state index in [2.05, 4.69) is 63.5 Å². The number of esters is 2. The summed E-state index contributed by atoms with van der Waals surface area (Å²) in [6.07, 6.45) is 4.32. The SMILES string of the molecule is C.C=C(C)C(=O)OCN.C=C(C)C(=O)OCNC(=O)Nc1nc(C)cc(=O)[nH]1.Cc1cc(=O)[nH]c(NC(=O)n2ccnc2)n1. The predicted molar refractivity (Wildman–Crippen MR) is 160 cm³/mol. The molecule has 3 rings (SSSR count). The fraction of sp³-hybridized carbons (Fsp3) is 0.269. The monoisotopic (exact) mass is 616 g/mol. The number of ether oxygens (including phenoxy) is 2. The Hall–Kier alpha value is -5.91. The van der Waals surface area contributed by atoms with Crippen molar-refractivity contribution < 1.29 is 28.7 Å². The number of aromatic amines is 2. The van der Waals surface area contributed by atoms with Crippen LogP contribution in [0.4, 0.5) is 21.5 Å². The maximum Gasteiger partial charge on any atom is 0.334 e. The van der Waals surface area contributed by atoms with E-state index in [9.17, 15) is 28.8 Å². The number of aromatic nitrogens is 6. The number of hydrogen-bond donors (Lipinski definition) is 6. The van der Waals surface area contributed by atoms with Crippen molar-refractivity contribution in [3.05, 3.63) is 87.3 Å². The predicted octanol–water partition coefficient (Wildman–Crippen LogP) is 1.29. The fourth-order valence-corrected chi connectivity index (χ4v) is 2.46. The van der Waals surface area contributed by atoms with E-state index in [-0.39, 0.29) is 49.5 Å². The van der Waals surface area contributed by atoms with Crippen LogP contribution in [0, 0.1) is 13.8 Å². The molecule has 0 fully saturated rings. The molecule has 0 radical (unpaired) electrons. The van der Waals surface area contributed by atoms with Crippen molar-refractivity contribution in [1.29, 1.82) is 0 Å². The Bertz CT molecular complexity index is 1560. The van der Waals surface area contributed by atoms with Gasteiger partial charge in [-0.1, -0.05) is 20.6 Å². The third-order valence-corrected chi connectivity index (χ3v) is 4.28. The smallest absolute Gasteiger partial charge is 0.334 e. The summed E-state index contributed by atoms with van der Waals surface area (Å²) in [6.45, 7) is 12.7. The van der Waals surface area contributed by atoms with E-state index < -0.39 is 24.0 Å². The standard InChI is InChI=1S/C11H14N4O4.C9H9N5O2.C5H9NO2.CH4/c1-6(2)9(17)19-5-12-11(18)15-10-13-7(3)4-8(16)14-10;1-6-4-7(15)12-8(11-6)13-9(16)14-3-2-10-5-14;1-4(2)5(7)8-3-6;/h4H,1,5H2,2-3H3,(H3,12,13,14,15,16,18);2-5H,1H3,(H2,11,12,13,15,16);1,3,6H2,2H3;1H4. The number of nitrogens with two attached hydrogens (primary N) is 1. The van der Waals surface area contributed by atoms with Crippen molar-refractivity contribution in [3.8, 4) is 0 Å². The van der Waals surface area contributed by atoms with Crippen molar-refractivity contribution >= 4 is 35.9 Å². The van der Waals surface area contributed by atoms with Crippen LogP contribution in [-0.2, 0) is 19.1 Å². The molecular formula is C26H36N10O8. The van der Waals surface area contributed by atoms with Crippen LogP contribution in [0.1, 0.15) is 32.7 Å². The molecule has 0 unspecified atom stereocenters. The number of aryl methyl sites for hydroxylation is 2. The maximum atomic E-state index is 11.5. The molecule has 18 nitrogen and oxygen atoms in total. The Balaban J connectivity index is 0.000000671. The van der Waals surface area contributed by atoms with E-state index in [0.29, 0.717) is 17.0 Å². The largest absolute Gasteiger partial charge is 0.447 e. The molecule has 0 saturated carbocycles. The fourth-order valence-electron chi connectivity index (χ4n) is 2.46. The minimum Gasteiger partial charge on any atom is -0.447 e. The number of urea groups is 1. The number of nitrogens with zero attached hydrogens (tertiary/aromatic N) is 4. The Kier molecular flexibility index (Phi) is 16.7. The molecule has 3 heterocycles. The molecule has 0 aliphatic carbocycles. The molecule has 238 valence electrons. The number of amides is 3. The topological polar surface area (TPSA) is 258 Å². The second-order valence-electron chi connectivity index (χ2n) is 8.24. The third kappa shape index (κ3) is 15.2. The van der Waals surface area contributed by atoms with Crippen LogP contribution < -0.4 is 32.8 Å². The van der Waals surface area contributed by atoms with E-state index in [1.165, 1.54) is 42.3 Å². The Labute approximate surface area is 251 Å². The van der Waals surface area contributed by atoms with E-state index >= 15 is 0 Å². The van der Waals surface area contributed by atoms with Crippen LogP contribution >= 0.6 is 0 Å². The molecule has 44 heavy (non-hydrogen) atoms. The molecule has 18 heteroatoms. The maximum absolute atomic E-state index is 11.5. The first-order valence-corrected chi connectivity index (χ1v) is 12.1. The normalized spacial score (nSPS) is 9.30. The van der Waals surface area contributed by atoms with Gasteiger partial charge in [-0.25, -0.2) is 34.1 Å². The summed E-state index contributed by atoms with van der Waals surface area (Å²) in [5.74, 6) is -0.924. The van der Waals surface area contributed by atoms with Crippen LogP contribution in [0.5, 0.6) is 0 Å². The lowest BCUT2D eigenvalue weighted by Gasteiger charge is -2.07. The Morgan fingerprint density at radius 3 is 1.82 bits per heavy atom. The minimum atomic E-state index is -0.664. The Morgan fingerprint density at radius 2 is 1.41 bits per heavy atom. The van der Waals surface area contributed by atoms with Crippen molar-refractivity contribution in [1.82, 2.24) is 34.8 Å². The molecule has 0 atom stereocenters. The van der Waals surface area contributed by atoms with Crippen LogP contribution in [0.3, 0.4) is 0 Å². The number of imidazole rings is 1. The van der Waals surface area contributed by atoms with Crippen LogP contribution in [0.25, 0.3) is 0 Å². The van der Waals surface area contributed by atoms with Gasteiger partial charge in [-0.3, -0.25) is 40.5 Å². The first-order chi connectivity index (χ1) is 20.2. The van der Waals surface area contributed by atoms with Gasteiger partial charge >= 0.3 is 24.0 Å². The van der Waals surface area contributed by atoms with Gasteiger partial charge in [0.1, 0.15) is 13.1 Å². The first kappa shape index (κ1) is 38.1. The Morgan fingerprint density at radius 1 is 0.909 bits per heavy atom. The number of hydrogen-bond acceptors (Lipinski definition) is 12. The first-order valence-electron chi connectivity index (χ1n) is 12.1. The highest BCUT2D eigenvalue weighted by molar-refractivity contribution is 5.89. The highest BCUT2D eigenvalue weighted by atomic mass is 16.5. The van der Waals surface area contributed by atoms with Crippen molar-refractivity contribution in [2.45, 2.75) is 35.1 Å². The number of anilines is 2. The molecule has 0 bridgehead atoms. The highest BCUT2D eigenvalue weighted by Gasteiger charge is 2.07. The zero-order valence-electron chi connectivity index (χ0n) is 23.8. The third-order valence-electron chi connectivity index (χ3n) is 4.28. The lowest BCUT2D eigenvalue weighted by molar-refractivity contribution is -0.139. The summed E-state index contributed by atoms with van der Waals surface area (Å²) in [5, 5.41) is 7.00. The van der Waals surface area contributed by atoms with E-state index in [1.807, 2.05) is 0 Å². The minimum absolute atomic E-state index is 0. The summed E-state index contributed by atoms with van der Waals surface area (Å²) in [6, 6.07) is 1.53. The van der Waals surface area contributed by atoms with Gasteiger partial charge in [-0.05, 0) is 27.7 Å². The van der Waals surface area contributed by atoms with Gasteiger partial charge in [0.2, 0.25) is 11.9 Å². The number of carbonyl (C=O) groups is 4. The number of nitrogens with one attached hydrogen (secondary N) is 5. The van der Waals surface area contributed by atoms with Gasteiger partial charge in [0.05, 0.1) is 0 Å². The summed E-state index contributed by atoms with van der Waals surface area (Å²) in [5.41, 5.74) is 5.79. The summed E-state index contributed by atoms with van der Waals surface area (Å²) in [7, 11) is 0. The average Bonchev–Trinajstić information content (AvgIpc) is 3.44. The molecule has 0 aliphatic heterocycles. The molecule has 0 aliphatic rings. The number of rotatable bonds is 7. The van der Waals surface area contributed by atoms with Crippen LogP contribution in [0.15, 0.2) is 64.7 Å². The summed E-state index contributed by atoms with van der Waals surface area (Å²) in [4.78, 5) is 82.9. The van der Waals surface area contributed by atoms with Gasteiger partial charge in [-0.2, -0.15) is 0 Å². The summed E-state index contributed by atoms with van der Waals surface area (Å²) < 4.78 is 10.2. The van der Waals surface area contributed by atoms with E-state index in [0.717, 1.165) is 0 Å². The lowest BCUT2D eigenvalue weighted by Crippen LogP contribution is -2.33. The molecule has 0 saturated heterocycles. The molecule has 0 spiro atoms. The second kappa shape index (κ2) is 19.3. The van der Waals surface area contributed by atoms with E-state index in [4.69, 9.17) is 5.73 Å². The quantitative estimate of drug-likeness (QED) is 0.125.